The van der Waals surface area contributed by atoms with E-state index in [-0.39, 0.29) is 6.54 Å². The van der Waals surface area contributed by atoms with Crippen LogP contribution in [0.15, 0.2) is 89.2 Å². The summed E-state index contributed by atoms with van der Waals surface area (Å²) >= 11 is 0. The summed E-state index contributed by atoms with van der Waals surface area (Å²) in [5.74, 6) is 0.679. The normalized spacial score (nSPS) is 21.3. The average molecular weight is 436 g/mol. The van der Waals surface area contributed by atoms with Crippen LogP contribution in [0.5, 0.6) is 0 Å². The third-order valence-corrected chi connectivity index (χ3v) is 7.53. The van der Waals surface area contributed by atoms with Gasteiger partial charge < -0.3 is 4.74 Å². The summed E-state index contributed by atoms with van der Waals surface area (Å²) in [7, 11) is -3.71. The second-order valence-electron chi connectivity index (χ2n) is 8.05. The molecule has 0 saturated carbocycles. The number of rotatable bonds is 4. The molecule has 0 unspecified atom stereocenters. The van der Waals surface area contributed by atoms with Crippen molar-refractivity contribution in [1.82, 2.24) is 4.31 Å². The van der Waals surface area contributed by atoms with Gasteiger partial charge in [0, 0.05) is 6.42 Å². The van der Waals surface area contributed by atoms with Gasteiger partial charge in [-0.1, -0.05) is 60.2 Å². The number of nitrogens with zero attached hydrogens (tertiary/aromatic N) is 1. The maximum atomic E-state index is 13.5. The molecule has 0 atom stereocenters. The van der Waals surface area contributed by atoms with E-state index in [0.29, 0.717) is 17.3 Å². The van der Waals surface area contributed by atoms with Gasteiger partial charge in [0.2, 0.25) is 0 Å². The zero-order valence-electron chi connectivity index (χ0n) is 18.0. The number of hydrogen-bond acceptors (Lipinski definition) is 3. The van der Waals surface area contributed by atoms with Crippen LogP contribution in [0, 0.1) is 6.92 Å². The molecule has 0 saturated heterocycles. The van der Waals surface area contributed by atoms with Gasteiger partial charge in [-0.05, 0) is 61.4 Å². The van der Waals surface area contributed by atoms with Crippen molar-refractivity contribution in [2.45, 2.75) is 43.9 Å². The smallest absolute Gasteiger partial charge is 0.264 e. The highest BCUT2D eigenvalue weighted by atomic mass is 32.2. The Bertz CT molecular complexity index is 1100. The van der Waals surface area contributed by atoms with Gasteiger partial charge >= 0.3 is 0 Å². The molecule has 0 amide bonds. The predicted octanol–water partition coefficient (Wildman–Crippen LogP) is 5.83. The Hall–Kier alpha value is -2.79. The van der Waals surface area contributed by atoms with E-state index in [1.165, 1.54) is 10.7 Å². The minimum absolute atomic E-state index is 0.264. The number of ether oxygens (including phenoxy) is 1. The molecule has 1 heterocycles. The minimum atomic E-state index is -3.71. The third kappa shape index (κ3) is 5.10. The van der Waals surface area contributed by atoms with Crippen LogP contribution in [0.2, 0.25) is 0 Å². The van der Waals surface area contributed by atoms with Crippen molar-refractivity contribution >= 4 is 15.6 Å². The first-order valence-corrected chi connectivity index (χ1v) is 12.3. The molecule has 0 spiro atoms. The van der Waals surface area contributed by atoms with E-state index in [1.54, 1.807) is 18.3 Å². The van der Waals surface area contributed by atoms with E-state index in [0.717, 1.165) is 48.0 Å². The molecule has 0 fully saturated rings. The topological polar surface area (TPSA) is 46.6 Å². The lowest BCUT2D eigenvalue weighted by Crippen LogP contribution is -2.27. The molecule has 162 valence electrons. The lowest BCUT2D eigenvalue weighted by atomic mass is 9.98. The first kappa shape index (κ1) is 21.4. The average Bonchev–Trinajstić information content (AvgIpc) is 2.91. The van der Waals surface area contributed by atoms with Gasteiger partial charge in [0.05, 0.1) is 24.2 Å². The van der Waals surface area contributed by atoms with Crippen LogP contribution in [0.1, 0.15) is 43.2 Å². The van der Waals surface area contributed by atoms with Gasteiger partial charge in [-0.3, -0.25) is 4.31 Å². The third-order valence-electron chi connectivity index (χ3n) is 5.79. The minimum Gasteiger partial charge on any atom is -0.491 e. The van der Waals surface area contributed by atoms with Crippen LogP contribution in [-0.4, -0.2) is 25.9 Å². The Morgan fingerprint density at radius 3 is 2.35 bits per heavy atom. The fourth-order valence-corrected chi connectivity index (χ4v) is 5.22. The highest BCUT2D eigenvalue weighted by Gasteiger charge is 2.24. The highest BCUT2D eigenvalue weighted by Crippen LogP contribution is 2.29. The summed E-state index contributed by atoms with van der Waals surface area (Å²) in [6.45, 7) is 2.73. The fraction of sp³-hybridized carbons (Fsp3) is 0.308. The largest absolute Gasteiger partial charge is 0.491 e. The van der Waals surface area contributed by atoms with Crippen molar-refractivity contribution in [2.75, 3.05) is 13.2 Å². The Labute approximate surface area is 185 Å². The van der Waals surface area contributed by atoms with Crippen LogP contribution in [0.4, 0.5) is 0 Å². The second kappa shape index (κ2) is 9.56. The summed E-state index contributed by atoms with van der Waals surface area (Å²) in [6, 6.07) is 17.1. The van der Waals surface area contributed by atoms with Crippen LogP contribution in [-0.2, 0) is 14.8 Å². The summed E-state index contributed by atoms with van der Waals surface area (Å²) in [4.78, 5) is 0.292. The van der Waals surface area contributed by atoms with Crippen LogP contribution >= 0.6 is 0 Å². The zero-order chi connectivity index (χ0) is 21.7. The molecule has 0 N–H and O–H groups in total. The van der Waals surface area contributed by atoms with Crippen molar-refractivity contribution in [3.8, 4) is 0 Å². The first-order valence-electron chi connectivity index (χ1n) is 10.9. The van der Waals surface area contributed by atoms with Crippen molar-refractivity contribution in [3.63, 3.8) is 0 Å². The van der Waals surface area contributed by atoms with E-state index in [9.17, 15) is 8.42 Å². The summed E-state index contributed by atoms with van der Waals surface area (Å²) in [5, 5.41) is 0. The van der Waals surface area contributed by atoms with Crippen molar-refractivity contribution in [3.05, 3.63) is 95.4 Å². The van der Waals surface area contributed by atoms with Gasteiger partial charge in [-0.25, -0.2) is 8.42 Å². The van der Waals surface area contributed by atoms with Crippen molar-refractivity contribution < 1.29 is 13.2 Å². The van der Waals surface area contributed by atoms with E-state index < -0.39 is 10.0 Å². The van der Waals surface area contributed by atoms with E-state index in [1.807, 2.05) is 43.3 Å². The molecule has 2 aliphatic rings. The van der Waals surface area contributed by atoms with Crippen LogP contribution in [0.3, 0.4) is 0 Å². The van der Waals surface area contributed by atoms with E-state index in [4.69, 9.17) is 4.74 Å². The van der Waals surface area contributed by atoms with Gasteiger partial charge in [0.25, 0.3) is 10.0 Å². The molecule has 0 bridgehead atoms. The molecule has 2 aromatic rings. The van der Waals surface area contributed by atoms with Crippen molar-refractivity contribution in [2.24, 2.45) is 0 Å². The highest BCUT2D eigenvalue weighted by molar-refractivity contribution is 7.89. The number of aryl methyl sites for hydroxylation is 1. The predicted molar refractivity (Wildman–Crippen MR) is 125 cm³/mol. The van der Waals surface area contributed by atoms with Crippen LogP contribution in [0.25, 0.3) is 5.57 Å². The maximum Gasteiger partial charge on any atom is 0.264 e. The SMILES string of the molecule is Cc1ccc(S(=O)(=O)N2/C=C(/C3=CCCCC3)OCC/C(c3ccccc3)=C\C2)cc1. The number of allylic oxidation sites excluding steroid dienone is 2. The van der Waals surface area contributed by atoms with Gasteiger partial charge in [-0.2, -0.15) is 0 Å². The molecule has 31 heavy (non-hydrogen) atoms. The molecule has 5 heteroatoms. The molecule has 1 aliphatic heterocycles. The Balaban J connectivity index is 1.74. The molecule has 4 nitrogen and oxygen atoms in total. The Morgan fingerprint density at radius 2 is 1.65 bits per heavy atom. The maximum absolute atomic E-state index is 13.5. The lowest BCUT2D eigenvalue weighted by molar-refractivity contribution is 0.221. The molecule has 0 radical (unpaired) electrons. The molecule has 0 aromatic heterocycles. The first-order chi connectivity index (χ1) is 15.0. The van der Waals surface area contributed by atoms with Crippen molar-refractivity contribution in [1.29, 1.82) is 0 Å². The molecule has 2 aromatic carbocycles. The van der Waals surface area contributed by atoms with Crippen LogP contribution < -0.4 is 0 Å². The fourth-order valence-electron chi connectivity index (χ4n) is 3.96. The molecule has 4 rings (SSSR count). The Morgan fingerprint density at radius 1 is 0.871 bits per heavy atom. The number of sulfonamides is 1. The standard InChI is InChI=1S/C26H29NO3S/c1-21-12-14-25(15-13-21)31(28,29)27-18-16-23(22-8-4-2-5-9-22)17-19-30-26(20-27)24-10-6-3-7-11-24/h2,4-5,8-10,12-16,20H,3,6-7,11,17-19H2,1H3/b23-16+,26-20-. The number of benzene rings is 2. The molecular formula is C26H29NO3S. The van der Waals surface area contributed by atoms with E-state index in [2.05, 4.69) is 18.2 Å². The second-order valence-corrected chi connectivity index (χ2v) is 9.94. The quantitative estimate of drug-likeness (QED) is 0.607. The molecular weight excluding hydrogens is 406 g/mol. The van der Waals surface area contributed by atoms with Gasteiger partial charge in [0.15, 0.2) is 0 Å². The lowest BCUT2D eigenvalue weighted by Gasteiger charge is -2.22. The van der Waals surface area contributed by atoms with E-state index >= 15 is 0 Å². The summed E-state index contributed by atoms with van der Waals surface area (Å²) in [5.41, 5.74) is 4.33. The van der Waals surface area contributed by atoms with Gasteiger partial charge in [0.1, 0.15) is 5.76 Å². The van der Waals surface area contributed by atoms with Gasteiger partial charge in [-0.15, -0.1) is 0 Å². The summed E-state index contributed by atoms with van der Waals surface area (Å²) < 4.78 is 34.7. The number of hydrogen-bond donors (Lipinski definition) is 0. The Kier molecular flexibility index (Phi) is 6.62. The zero-order valence-corrected chi connectivity index (χ0v) is 18.8. The monoisotopic (exact) mass is 435 g/mol. The molecule has 1 aliphatic carbocycles. The summed E-state index contributed by atoms with van der Waals surface area (Å²) in [6.07, 6.45) is 10.8.